The number of ether oxygens (including phenoxy) is 3. The van der Waals surface area contributed by atoms with Gasteiger partial charge in [0.05, 0.1) is 33.0 Å². The summed E-state index contributed by atoms with van der Waals surface area (Å²) in [7, 11) is 1.61. The maximum atomic E-state index is 5.62. The number of nitrogens with one attached hydrogen (secondary N) is 1. The normalized spacial score (nSPS) is 20.2. The lowest BCUT2D eigenvalue weighted by atomic mass is 10.3. The summed E-state index contributed by atoms with van der Waals surface area (Å²) >= 11 is 0. The summed E-state index contributed by atoms with van der Waals surface area (Å²) in [5, 5.41) is 3.26. The predicted molar refractivity (Wildman–Crippen MR) is 63.1 cm³/mol. The Morgan fingerprint density at radius 1 is 1.59 bits per heavy atom. The number of methoxy groups -OCH3 is 1. The molecule has 1 aliphatic rings. The Morgan fingerprint density at radius 3 is 3.29 bits per heavy atom. The first-order valence-electron chi connectivity index (χ1n) is 5.78. The summed E-state index contributed by atoms with van der Waals surface area (Å²) in [6, 6.07) is 3.83. The van der Waals surface area contributed by atoms with Crippen molar-refractivity contribution in [3.63, 3.8) is 0 Å². The van der Waals surface area contributed by atoms with Crippen LogP contribution in [0.3, 0.4) is 0 Å². The van der Waals surface area contributed by atoms with Crippen LogP contribution in [-0.2, 0) is 16.1 Å². The van der Waals surface area contributed by atoms with Gasteiger partial charge in [-0.05, 0) is 12.1 Å². The zero-order valence-corrected chi connectivity index (χ0v) is 10.0. The monoisotopic (exact) mass is 238 g/mol. The summed E-state index contributed by atoms with van der Waals surface area (Å²) in [5.74, 6) is 0.621. The first-order valence-corrected chi connectivity index (χ1v) is 5.78. The van der Waals surface area contributed by atoms with Gasteiger partial charge in [-0.3, -0.25) is 0 Å². The Morgan fingerprint density at radius 2 is 2.53 bits per heavy atom. The third kappa shape index (κ3) is 3.66. The third-order valence-corrected chi connectivity index (χ3v) is 2.61. The van der Waals surface area contributed by atoms with Crippen LogP contribution in [0, 0.1) is 0 Å². The van der Waals surface area contributed by atoms with E-state index in [4.69, 9.17) is 14.2 Å². The standard InChI is InChI=1S/C12H18N2O3/c1-15-12-10(3-2-4-14-12)8-16-9-11-7-13-5-6-17-11/h2-4,11,13H,5-9H2,1H3. The van der Waals surface area contributed by atoms with Gasteiger partial charge in [0.15, 0.2) is 0 Å². The lowest BCUT2D eigenvalue weighted by molar-refractivity contribution is -0.0360. The summed E-state index contributed by atoms with van der Waals surface area (Å²) in [5.41, 5.74) is 0.957. The van der Waals surface area contributed by atoms with E-state index in [1.54, 1.807) is 13.3 Å². The fraction of sp³-hybridized carbons (Fsp3) is 0.583. The maximum Gasteiger partial charge on any atom is 0.218 e. The fourth-order valence-corrected chi connectivity index (χ4v) is 1.74. The van der Waals surface area contributed by atoms with Gasteiger partial charge < -0.3 is 19.5 Å². The molecule has 1 aromatic heterocycles. The van der Waals surface area contributed by atoms with Crippen LogP contribution >= 0.6 is 0 Å². The van der Waals surface area contributed by atoms with Crippen LogP contribution in [0.4, 0.5) is 0 Å². The molecule has 17 heavy (non-hydrogen) atoms. The molecule has 5 nitrogen and oxygen atoms in total. The lowest BCUT2D eigenvalue weighted by Gasteiger charge is -2.23. The molecule has 0 spiro atoms. The van der Waals surface area contributed by atoms with Crippen LogP contribution in [0.15, 0.2) is 18.3 Å². The number of pyridine rings is 1. The molecule has 0 radical (unpaired) electrons. The van der Waals surface area contributed by atoms with Crippen molar-refractivity contribution in [1.29, 1.82) is 0 Å². The summed E-state index contributed by atoms with van der Waals surface area (Å²) in [6.07, 6.45) is 1.85. The second-order valence-electron chi connectivity index (χ2n) is 3.88. The van der Waals surface area contributed by atoms with Gasteiger partial charge >= 0.3 is 0 Å². The second-order valence-corrected chi connectivity index (χ2v) is 3.88. The van der Waals surface area contributed by atoms with E-state index in [1.165, 1.54) is 0 Å². The van der Waals surface area contributed by atoms with Gasteiger partial charge in [-0.15, -0.1) is 0 Å². The Bertz CT molecular complexity index is 340. The van der Waals surface area contributed by atoms with E-state index in [2.05, 4.69) is 10.3 Å². The van der Waals surface area contributed by atoms with Crippen LogP contribution in [-0.4, -0.2) is 44.5 Å². The minimum Gasteiger partial charge on any atom is -0.481 e. The number of hydrogen-bond donors (Lipinski definition) is 1. The van der Waals surface area contributed by atoms with Gasteiger partial charge in [0.25, 0.3) is 0 Å². The molecule has 2 heterocycles. The van der Waals surface area contributed by atoms with Crippen LogP contribution in [0.2, 0.25) is 0 Å². The molecular weight excluding hydrogens is 220 g/mol. The topological polar surface area (TPSA) is 52.6 Å². The molecular formula is C12H18N2O3. The molecule has 0 bridgehead atoms. The van der Waals surface area contributed by atoms with Crippen LogP contribution in [0.5, 0.6) is 5.88 Å². The zero-order valence-electron chi connectivity index (χ0n) is 10.0. The predicted octanol–water partition coefficient (Wildman–Crippen LogP) is 0.595. The van der Waals surface area contributed by atoms with Gasteiger partial charge in [0, 0.05) is 24.8 Å². The highest BCUT2D eigenvalue weighted by molar-refractivity contribution is 5.24. The molecule has 1 unspecified atom stereocenters. The third-order valence-electron chi connectivity index (χ3n) is 2.61. The average Bonchev–Trinajstić information content (AvgIpc) is 2.40. The minimum atomic E-state index is 0.145. The van der Waals surface area contributed by atoms with Crippen LogP contribution in [0.25, 0.3) is 0 Å². The highest BCUT2D eigenvalue weighted by Gasteiger charge is 2.13. The molecule has 0 saturated carbocycles. The number of hydrogen-bond acceptors (Lipinski definition) is 5. The molecule has 0 amide bonds. The maximum absolute atomic E-state index is 5.62. The summed E-state index contributed by atoms with van der Waals surface area (Å²) in [6.45, 7) is 3.61. The highest BCUT2D eigenvalue weighted by Crippen LogP contribution is 2.14. The lowest BCUT2D eigenvalue weighted by Crippen LogP contribution is -2.40. The zero-order chi connectivity index (χ0) is 11.9. The van der Waals surface area contributed by atoms with Crippen LogP contribution in [0.1, 0.15) is 5.56 Å². The van der Waals surface area contributed by atoms with Crippen molar-refractivity contribution >= 4 is 0 Å². The quantitative estimate of drug-likeness (QED) is 0.814. The Hall–Kier alpha value is -1.17. The first kappa shape index (κ1) is 12.3. The molecule has 1 N–H and O–H groups in total. The van der Waals surface area contributed by atoms with E-state index < -0.39 is 0 Å². The molecule has 1 saturated heterocycles. The Kier molecular flexibility index (Phi) is 4.73. The molecule has 2 rings (SSSR count). The number of morpholine rings is 1. The number of aromatic nitrogens is 1. The van der Waals surface area contributed by atoms with E-state index in [0.29, 0.717) is 19.1 Å². The minimum absolute atomic E-state index is 0.145. The van der Waals surface area contributed by atoms with E-state index in [9.17, 15) is 0 Å². The highest BCUT2D eigenvalue weighted by atomic mass is 16.5. The molecule has 94 valence electrons. The van der Waals surface area contributed by atoms with Gasteiger partial charge in [-0.2, -0.15) is 0 Å². The van der Waals surface area contributed by atoms with Gasteiger partial charge in [-0.1, -0.05) is 0 Å². The Balaban J connectivity index is 1.77. The van der Waals surface area contributed by atoms with Crippen molar-refractivity contribution in [2.24, 2.45) is 0 Å². The van der Waals surface area contributed by atoms with E-state index in [-0.39, 0.29) is 6.10 Å². The van der Waals surface area contributed by atoms with Gasteiger partial charge in [0.1, 0.15) is 0 Å². The van der Waals surface area contributed by atoms with Crippen molar-refractivity contribution in [3.05, 3.63) is 23.9 Å². The van der Waals surface area contributed by atoms with Crippen molar-refractivity contribution in [3.8, 4) is 5.88 Å². The van der Waals surface area contributed by atoms with Crippen LogP contribution < -0.4 is 10.1 Å². The Labute approximate surface area is 101 Å². The summed E-state index contributed by atoms with van der Waals surface area (Å²) < 4.78 is 16.3. The fourth-order valence-electron chi connectivity index (χ4n) is 1.74. The van der Waals surface area contributed by atoms with Gasteiger partial charge in [-0.25, -0.2) is 4.98 Å². The van der Waals surface area contributed by atoms with E-state index in [1.807, 2.05) is 12.1 Å². The second kappa shape index (κ2) is 6.54. The smallest absolute Gasteiger partial charge is 0.218 e. The SMILES string of the molecule is COc1ncccc1COCC1CNCCO1. The average molecular weight is 238 g/mol. The molecule has 0 aliphatic carbocycles. The molecule has 5 heteroatoms. The molecule has 1 atom stereocenters. The van der Waals surface area contributed by atoms with E-state index in [0.717, 1.165) is 25.3 Å². The summed E-state index contributed by atoms with van der Waals surface area (Å²) in [4.78, 5) is 4.12. The molecule has 1 aliphatic heterocycles. The number of nitrogens with zero attached hydrogens (tertiary/aromatic N) is 1. The number of rotatable bonds is 5. The van der Waals surface area contributed by atoms with Gasteiger partial charge in [0.2, 0.25) is 5.88 Å². The van der Waals surface area contributed by atoms with Crippen molar-refractivity contribution < 1.29 is 14.2 Å². The van der Waals surface area contributed by atoms with Crippen molar-refractivity contribution in [1.82, 2.24) is 10.3 Å². The molecule has 0 aromatic carbocycles. The molecule has 1 fully saturated rings. The van der Waals surface area contributed by atoms with Crippen molar-refractivity contribution in [2.45, 2.75) is 12.7 Å². The molecule has 1 aromatic rings. The largest absolute Gasteiger partial charge is 0.481 e. The van der Waals surface area contributed by atoms with E-state index >= 15 is 0 Å². The van der Waals surface area contributed by atoms with Crippen molar-refractivity contribution in [2.75, 3.05) is 33.4 Å². The first-order chi connectivity index (χ1) is 8.40.